The zero-order valence-electron chi connectivity index (χ0n) is 16.1. The fourth-order valence-electron chi connectivity index (χ4n) is 5.19. The van der Waals surface area contributed by atoms with Crippen LogP contribution >= 0.6 is 0 Å². The van der Waals surface area contributed by atoms with E-state index in [2.05, 4.69) is 16.0 Å². The Balaban J connectivity index is 1.29. The van der Waals surface area contributed by atoms with E-state index >= 15 is 0 Å². The summed E-state index contributed by atoms with van der Waals surface area (Å²) in [5, 5.41) is 9.21. The summed E-state index contributed by atoms with van der Waals surface area (Å²) in [7, 11) is 0. The molecule has 29 heavy (non-hydrogen) atoms. The normalized spacial score (nSPS) is 30.8. The molecule has 3 N–H and O–H groups in total. The number of nitrogens with one attached hydrogen (secondary N) is 3. The minimum absolute atomic E-state index is 0.121. The molecule has 8 nitrogen and oxygen atoms in total. The van der Waals surface area contributed by atoms with Gasteiger partial charge in [0.15, 0.2) is 0 Å². The lowest BCUT2D eigenvalue weighted by atomic mass is 9.76. The maximum absolute atomic E-state index is 13.1. The van der Waals surface area contributed by atoms with Crippen LogP contribution < -0.4 is 16.0 Å². The summed E-state index contributed by atoms with van der Waals surface area (Å²) in [4.78, 5) is 50.6. The second-order valence-electron chi connectivity index (χ2n) is 8.55. The quantitative estimate of drug-likeness (QED) is 0.619. The molecule has 1 saturated carbocycles. The highest BCUT2D eigenvalue weighted by atomic mass is 16.2. The van der Waals surface area contributed by atoms with Gasteiger partial charge in [-0.15, -0.1) is 0 Å². The number of carbonyl (C=O) groups is 4. The molecule has 6 rings (SSSR count). The van der Waals surface area contributed by atoms with Gasteiger partial charge in [-0.25, -0.2) is 0 Å². The van der Waals surface area contributed by atoms with Crippen LogP contribution in [0.25, 0.3) is 0 Å². The van der Waals surface area contributed by atoms with Gasteiger partial charge < -0.3 is 10.6 Å². The third-order valence-corrected chi connectivity index (χ3v) is 6.58. The molecule has 0 spiro atoms. The van der Waals surface area contributed by atoms with Crippen LogP contribution in [0.3, 0.4) is 0 Å². The number of nitrogens with zero attached hydrogens (tertiary/aromatic N) is 1. The smallest absolute Gasteiger partial charge is 0.262 e. The van der Waals surface area contributed by atoms with Crippen LogP contribution in [-0.2, 0) is 16.1 Å². The highest BCUT2D eigenvalue weighted by molar-refractivity contribution is 6.24. The lowest BCUT2D eigenvalue weighted by Crippen LogP contribution is -2.58. The van der Waals surface area contributed by atoms with Crippen molar-refractivity contribution in [1.82, 2.24) is 20.9 Å². The molecule has 4 amide bonds. The lowest BCUT2D eigenvalue weighted by Gasteiger charge is -2.46. The van der Waals surface area contributed by atoms with Crippen molar-refractivity contribution >= 4 is 23.6 Å². The standard InChI is InChI=1S/C21H24N4O4/c26-17-5-4-16(19(27)24-17)25-20(28)15-3-1-2-12(18(15)21(25)29)10-22-9-11-6-13-8-14(7-11)23-13/h1-3,11,13-14,16,22-23H,4-10H2,(H,24,26,27)/t11?,13-,14+,16?. The average Bonchev–Trinajstić information content (AvgIpc) is 2.93. The van der Waals surface area contributed by atoms with E-state index in [1.165, 1.54) is 19.3 Å². The molecule has 1 aliphatic carbocycles. The van der Waals surface area contributed by atoms with E-state index in [0.717, 1.165) is 17.0 Å². The lowest BCUT2D eigenvalue weighted by molar-refractivity contribution is -0.136. The van der Waals surface area contributed by atoms with E-state index < -0.39 is 23.8 Å². The van der Waals surface area contributed by atoms with Gasteiger partial charge in [0.2, 0.25) is 11.8 Å². The summed E-state index contributed by atoms with van der Waals surface area (Å²) >= 11 is 0. The Labute approximate surface area is 168 Å². The van der Waals surface area contributed by atoms with Crippen molar-refractivity contribution < 1.29 is 19.2 Å². The van der Waals surface area contributed by atoms with E-state index in [9.17, 15) is 19.2 Å². The summed E-state index contributed by atoms with van der Waals surface area (Å²) < 4.78 is 0. The third-order valence-electron chi connectivity index (χ3n) is 6.58. The van der Waals surface area contributed by atoms with Crippen LogP contribution in [0.4, 0.5) is 0 Å². The van der Waals surface area contributed by atoms with E-state index in [1.807, 2.05) is 6.07 Å². The van der Waals surface area contributed by atoms with Crippen molar-refractivity contribution in [3.63, 3.8) is 0 Å². The summed E-state index contributed by atoms with van der Waals surface area (Å²) in [6.07, 6.45) is 3.93. The van der Waals surface area contributed by atoms with Gasteiger partial charge in [0, 0.05) is 25.0 Å². The number of benzene rings is 1. The highest BCUT2D eigenvalue weighted by Crippen LogP contribution is 2.33. The van der Waals surface area contributed by atoms with Gasteiger partial charge in [0.05, 0.1) is 11.1 Å². The van der Waals surface area contributed by atoms with Crippen molar-refractivity contribution in [3.8, 4) is 0 Å². The molecular formula is C21H24N4O4. The van der Waals surface area contributed by atoms with Crippen LogP contribution in [0, 0.1) is 5.92 Å². The molecule has 4 atom stereocenters. The van der Waals surface area contributed by atoms with Gasteiger partial charge in [0.1, 0.15) is 6.04 Å². The minimum Gasteiger partial charge on any atom is -0.312 e. The first-order valence-electron chi connectivity index (χ1n) is 10.3. The second-order valence-corrected chi connectivity index (χ2v) is 8.55. The van der Waals surface area contributed by atoms with Gasteiger partial charge in [-0.2, -0.15) is 0 Å². The zero-order chi connectivity index (χ0) is 20.1. The predicted octanol–water partition coefficient (Wildman–Crippen LogP) is 0.318. The molecule has 4 aliphatic heterocycles. The molecular weight excluding hydrogens is 372 g/mol. The Morgan fingerprint density at radius 1 is 1.03 bits per heavy atom. The molecule has 152 valence electrons. The summed E-state index contributed by atoms with van der Waals surface area (Å²) in [5.41, 5.74) is 1.49. The number of imide groups is 2. The third kappa shape index (κ3) is 3.16. The van der Waals surface area contributed by atoms with E-state index in [4.69, 9.17) is 0 Å². The number of piperidine rings is 2. The predicted molar refractivity (Wildman–Crippen MR) is 103 cm³/mol. The van der Waals surface area contributed by atoms with E-state index in [0.29, 0.717) is 35.7 Å². The number of carbonyl (C=O) groups excluding carboxylic acids is 4. The summed E-state index contributed by atoms with van der Waals surface area (Å²) in [6.45, 7) is 1.39. The first-order valence-corrected chi connectivity index (χ1v) is 10.3. The van der Waals surface area contributed by atoms with Crippen molar-refractivity contribution in [2.45, 2.75) is 56.8 Å². The number of hydrogen-bond acceptors (Lipinski definition) is 6. The first kappa shape index (κ1) is 18.4. The SMILES string of the molecule is O=C1CCC(N2C(=O)c3cccc(CNCC4C[C@@H]5C[C@H](C4)N5)c3C2=O)C(=O)N1. The molecule has 0 radical (unpaired) electrons. The van der Waals surface area contributed by atoms with Crippen molar-refractivity contribution in [2.24, 2.45) is 5.92 Å². The zero-order valence-corrected chi connectivity index (χ0v) is 16.1. The van der Waals surface area contributed by atoms with Gasteiger partial charge >= 0.3 is 0 Å². The topological polar surface area (TPSA) is 108 Å². The summed E-state index contributed by atoms with van der Waals surface area (Å²) in [5.74, 6) is -1.22. The summed E-state index contributed by atoms with van der Waals surface area (Å²) in [6, 6.07) is 5.64. The van der Waals surface area contributed by atoms with Crippen LogP contribution in [0.2, 0.25) is 0 Å². The number of hydrogen-bond donors (Lipinski definition) is 3. The Hall–Kier alpha value is -2.58. The molecule has 2 bridgehead atoms. The molecule has 4 fully saturated rings. The van der Waals surface area contributed by atoms with Crippen molar-refractivity contribution in [2.75, 3.05) is 6.54 Å². The molecule has 3 saturated heterocycles. The number of fused-ring (bicyclic) bond motifs is 3. The molecule has 0 aromatic heterocycles. The van der Waals surface area contributed by atoms with Gasteiger partial charge in [-0.1, -0.05) is 12.1 Å². The van der Waals surface area contributed by atoms with E-state index in [1.54, 1.807) is 12.1 Å². The number of rotatable bonds is 5. The van der Waals surface area contributed by atoms with E-state index in [-0.39, 0.29) is 18.7 Å². The van der Waals surface area contributed by atoms with Crippen LogP contribution in [0.5, 0.6) is 0 Å². The minimum atomic E-state index is -0.928. The van der Waals surface area contributed by atoms with Crippen molar-refractivity contribution in [1.29, 1.82) is 0 Å². The van der Waals surface area contributed by atoms with Crippen LogP contribution in [0.1, 0.15) is 58.4 Å². The Bertz CT molecular complexity index is 898. The molecule has 8 heteroatoms. The number of amides is 4. The fraction of sp³-hybridized carbons (Fsp3) is 0.524. The van der Waals surface area contributed by atoms with Crippen molar-refractivity contribution in [3.05, 3.63) is 34.9 Å². The molecule has 4 heterocycles. The largest absolute Gasteiger partial charge is 0.312 e. The Morgan fingerprint density at radius 3 is 2.52 bits per heavy atom. The Kier molecular flexibility index (Phi) is 4.48. The average molecular weight is 396 g/mol. The van der Waals surface area contributed by atoms with Crippen LogP contribution in [-0.4, -0.2) is 53.2 Å². The molecule has 2 unspecified atom stereocenters. The molecule has 5 aliphatic rings. The van der Waals surface area contributed by atoms with Gasteiger partial charge in [-0.3, -0.25) is 29.4 Å². The van der Waals surface area contributed by atoms with Gasteiger partial charge in [0.25, 0.3) is 11.8 Å². The Morgan fingerprint density at radius 2 is 1.79 bits per heavy atom. The maximum atomic E-state index is 13.1. The second kappa shape index (κ2) is 7.03. The van der Waals surface area contributed by atoms with Crippen LogP contribution in [0.15, 0.2) is 18.2 Å². The highest BCUT2D eigenvalue weighted by Gasteiger charge is 2.45. The molecule has 1 aromatic rings. The van der Waals surface area contributed by atoms with Gasteiger partial charge in [-0.05, 0) is 49.8 Å². The maximum Gasteiger partial charge on any atom is 0.262 e. The first-order chi connectivity index (χ1) is 14.0. The molecule has 1 aromatic carbocycles. The monoisotopic (exact) mass is 396 g/mol. The fourth-order valence-corrected chi connectivity index (χ4v) is 5.19.